The maximum absolute atomic E-state index is 9.22. The fraction of sp³-hybridized carbons (Fsp3) is 0.538. The van der Waals surface area contributed by atoms with E-state index in [0.29, 0.717) is 17.7 Å². The Balaban J connectivity index is 1.81. The molecule has 0 spiro atoms. The van der Waals surface area contributed by atoms with E-state index in [-0.39, 0.29) is 6.61 Å². The number of likely N-dealkylation sites (tertiary alicyclic amines) is 1. The van der Waals surface area contributed by atoms with Crippen molar-refractivity contribution in [2.75, 3.05) is 26.3 Å². The van der Waals surface area contributed by atoms with Crippen molar-refractivity contribution in [3.63, 3.8) is 0 Å². The first kappa shape index (κ1) is 14.1. The number of benzene rings is 1. The van der Waals surface area contributed by atoms with Gasteiger partial charge in [0.25, 0.3) is 0 Å². The number of hydrogen-bond donors (Lipinski definition) is 1. The van der Waals surface area contributed by atoms with Gasteiger partial charge in [-0.25, -0.2) is 0 Å². The summed E-state index contributed by atoms with van der Waals surface area (Å²) in [5.41, 5.74) is 0. The van der Waals surface area contributed by atoms with Gasteiger partial charge in [-0.05, 0) is 53.5 Å². The van der Waals surface area contributed by atoms with E-state index in [9.17, 15) is 5.11 Å². The molecular weight excluding hydrogens is 318 g/mol. The zero-order valence-electron chi connectivity index (χ0n) is 10.1. The summed E-state index contributed by atoms with van der Waals surface area (Å²) in [5, 5.41) is 9.91. The minimum atomic E-state index is 0.241. The highest BCUT2D eigenvalue weighted by Gasteiger charge is 2.23. The molecule has 1 aromatic carbocycles. The number of rotatable bonds is 5. The summed E-state index contributed by atoms with van der Waals surface area (Å²) < 4.78 is 6.59. The van der Waals surface area contributed by atoms with Crippen molar-refractivity contribution in [2.45, 2.75) is 18.9 Å². The molecule has 1 atom stereocenters. The van der Waals surface area contributed by atoms with Crippen LogP contribution in [0.3, 0.4) is 0 Å². The molecule has 1 heterocycles. The zero-order chi connectivity index (χ0) is 13.0. The standard InChI is InChI=1S/C13H17BrClNO2/c14-12-8-10(15)3-4-13(12)18-7-6-16-5-1-2-11(16)9-17/h3-4,8,11,17H,1-2,5-7,9H2/t11-/m1/s1. The van der Waals surface area contributed by atoms with Gasteiger partial charge < -0.3 is 9.84 Å². The maximum atomic E-state index is 9.22. The molecule has 0 aliphatic carbocycles. The van der Waals surface area contributed by atoms with Crippen LogP contribution in [-0.2, 0) is 0 Å². The Morgan fingerprint density at radius 2 is 2.33 bits per heavy atom. The Bertz CT molecular complexity index is 403. The first-order valence-electron chi connectivity index (χ1n) is 6.13. The van der Waals surface area contributed by atoms with Gasteiger partial charge in [0.2, 0.25) is 0 Å². The van der Waals surface area contributed by atoms with Gasteiger partial charge in [0.15, 0.2) is 0 Å². The first-order chi connectivity index (χ1) is 8.70. The maximum Gasteiger partial charge on any atom is 0.133 e. The predicted octanol–water partition coefficient (Wildman–Crippen LogP) is 2.94. The van der Waals surface area contributed by atoms with Gasteiger partial charge in [-0.15, -0.1) is 0 Å². The van der Waals surface area contributed by atoms with E-state index in [4.69, 9.17) is 16.3 Å². The molecule has 3 nitrogen and oxygen atoms in total. The molecule has 0 amide bonds. The minimum Gasteiger partial charge on any atom is -0.491 e. The van der Waals surface area contributed by atoms with Gasteiger partial charge in [-0.1, -0.05) is 11.6 Å². The van der Waals surface area contributed by atoms with Crippen molar-refractivity contribution in [3.8, 4) is 5.75 Å². The third-order valence-corrected chi connectivity index (χ3v) is 4.09. The van der Waals surface area contributed by atoms with Gasteiger partial charge in [-0.3, -0.25) is 4.90 Å². The number of hydrogen-bond acceptors (Lipinski definition) is 3. The summed E-state index contributed by atoms with van der Waals surface area (Å²) in [7, 11) is 0. The molecule has 0 saturated carbocycles. The van der Waals surface area contributed by atoms with E-state index in [1.165, 1.54) is 0 Å². The summed E-state index contributed by atoms with van der Waals surface area (Å²) in [6.45, 7) is 2.76. The molecule has 1 aliphatic heterocycles. The lowest BCUT2D eigenvalue weighted by Crippen LogP contribution is -2.35. The second-order valence-electron chi connectivity index (χ2n) is 4.44. The highest BCUT2D eigenvalue weighted by Crippen LogP contribution is 2.28. The van der Waals surface area contributed by atoms with Crippen LogP contribution in [-0.4, -0.2) is 42.4 Å². The SMILES string of the molecule is OC[C@H]1CCCN1CCOc1ccc(Cl)cc1Br. The second kappa shape index (κ2) is 6.75. The van der Waals surface area contributed by atoms with E-state index in [1.807, 2.05) is 18.2 Å². The summed E-state index contributed by atoms with van der Waals surface area (Å²) in [5.74, 6) is 0.805. The van der Waals surface area contributed by atoms with Gasteiger partial charge in [-0.2, -0.15) is 0 Å². The van der Waals surface area contributed by atoms with Crippen molar-refractivity contribution >= 4 is 27.5 Å². The molecule has 18 heavy (non-hydrogen) atoms. The summed E-state index contributed by atoms with van der Waals surface area (Å²) in [4.78, 5) is 2.28. The zero-order valence-corrected chi connectivity index (χ0v) is 12.5. The van der Waals surface area contributed by atoms with Crippen LogP contribution >= 0.6 is 27.5 Å². The Kier molecular flexibility index (Phi) is 5.30. The molecule has 0 aromatic heterocycles. The molecule has 0 bridgehead atoms. The lowest BCUT2D eigenvalue weighted by molar-refractivity contribution is 0.139. The van der Waals surface area contributed by atoms with Crippen LogP contribution in [0.2, 0.25) is 5.02 Å². The van der Waals surface area contributed by atoms with Crippen molar-refractivity contribution in [3.05, 3.63) is 27.7 Å². The molecule has 1 fully saturated rings. The molecular formula is C13H17BrClNO2. The van der Waals surface area contributed by atoms with Crippen LogP contribution in [0.15, 0.2) is 22.7 Å². The van der Waals surface area contributed by atoms with Gasteiger partial charge in [0.05, 0.1) is 11.1 Å². The number of nitrogens with zero attached hydrogens (tertiary/aromatic N) is 1. The molecule has 2 rings (SSSR count). The lowest BCUT2D eigenvalue weighted by Gasteiger charge is -2.22. The minimum absolute atomic E-state index is 0.241. The molecule has 0 unspecified atom stereocenters. The largest absolute Gasteiger partial charge is 0.491 e. The quantitative estimate of drug-likeness (QED) is 0.898. The van der Waals surface area contributed by atoms with Crippen molar-refractivity contribution < 1.29 is 9.84 Å². The Hall–Kier alpha value is -0.290. The normalized spacial score (nSPS) is 20.3. The summed E-state index contributed by atoms with van der Waals surface area (Å²) in [6.07, 6.45) is 2.25. The van der Waals surface area contributed by atoms with E-state index in [2.05, 4.69) is 20.8 Å². The van der Waals surface area contributed by atoms with Crippen LogP contribution < -0.4 is 4.74 Å². The number of halogens is 2. The number of aliphatic hydroxyl groups excluding tert-OH is 1. The molecule has 1 aliphatic rings. The lowest BCUT2D eigenvalue weighted by atomic mass is 10.2. The first-order valence-corrected chi connectivity index (χ1v) is 7.30. The topological polar surface area (TPSA) is 32.7 Å². The third kappa shape index (κ3) is 3.60. The molecule has 100 valence electrons. The molecule has 1 N–H and O–H groups in total. The fourth-order valence-electron chi connectivity index (χ4n) is 2.26. The van der Waals surface area contributed by atoms with Crippen LogP contribution in [0.1, 0.15) is 12.8 Å². The second-order valence-corrected chi connectivity index (χ2v) is 5.73. The van der Waals surface area contributed by atoms with E-state index < -0.39 is 0 Å². The number of ether oxygens (including phenoxy) is 1. The third-order valence-electron chi connectivity index (χ3n) is 3.24. The van der Waals surface area contributed by atoms with E-state index in [1.54, 1.807) is 0 Å². The molecule has 5 heteroatoms. The highest BCUT2D eigenvalue weighted by atomic mass is 79.9. The number of aliphatic hydroxyl groups is 1. The van der Waals surface area contributed by atoms with Gasteiger partial charge >= 0.3 is 0 Å². The Morgan fingerprint density at radius 3 is 3.06 bits per heavy atom. The molecule has 0 radical (unpaired) electrons. The Labute approximate surface area is 121 Å². The van der Waals surface area contributed by atoms with Crippen molar-refractivity contribution in [2.24, 2.45) is 0 Å². The van der Waals surface area contributed by atoms with Gasteiger partial charge in [0, 0.05) is 17.6 Å². The highest BCUT2D eigenvalue weighted by molar-refractivity contribution is 9.10. The average Bonchev–Trinajstić information content (AvgIpc) is 2.79. The fourth-order valence-corrected chi connectivity index (χ4v) is 3.06. The van der Waals surface area contributed by atoms with Crippen molar-refractivity contribution in [1.29, 1.82) is 0 Å². The molecule has 1 saturated heterocycles. The van der Waals surface area contributed by atoms with E-state index >= 15 is 0 Å². The predicted molar refractivity (Wildman–Crippen MR) is 76.3 cm³/mol. The smallest absolute Gasteiger partial charge is 0.133 e. The van der Waals surface area contributed by atoms with Crippen molar-refractivity contribution in [1.82, 2.24) is 4.90 Å². The monoisotopic (exact) mass is 333 g/mol. The molecule has 1 aromatic rings. The summed E-state index contributed by atoms with van der Waals surface area (Å²) in [6, 6.07) is 5.80. The van der Waals surface area contributed by atoms with Crippen LogP contribution in [0.5, 0.6) is 5.75 Å². The Morgan fingerprint density at radius 1 is 1.50 bits per heavy atom. The average molecular weight is 335 g/mol. The van der Waals surface area contributed by atoms with Gasteiger partial charge in [0.1, 0.15) is 12.4 Å². The van der Waals surface area contributed by atoms with Crippen LogP contribution in [0.25, 0.3) is 0 Å². The van der Waals surface area contributed by atoms with Crippen LogP contribution in [0.4, 0.5) is 0 Å². The van der Waals surface area contributed by atoms with Crippen LogP contribution in [0, 0.1) is 0 Å². The van der Waals surface area contributed by atoms with E-state index in [0.717, 1.165) is 36.2 Å². The summed E-state index contributed by atoms with van der Waals surface area (Å²) >= 11 is 9.29.